The Morgan fingerprint density at radius 2 is 1.31 bits per heavy atom. The molecule has 0 unspecified atom stereocenters. The van der Waals surface area contributed by atoms with Crippen LogP contribution in [0.3, 0.4) is 0 Å². The van der Waals surface area contributed by atoms with Crippen molar-refractivity contribution < 1.29 is 8.42 Å². The molecule has 0 fully saturated rings. The molecule has 0 saturated heterocycles. The van der Waals surface area contributed by atoms with Gasteiger partial charge in [-0.3, -0.25) is 4.79 Å². The van der Waals surface area contributed by atoms with Crippen molar-refractivity contribution in [3.05, 3.63) is 89.2 Å². The van der Waals surface area contributed by atoms with Crippen LogP contribution in [0.4, 0.5) is 0 Å². The van der Waals surface area contributed by atoms with Gasteiger partial charge in [-0.2, -0.15) is 3.97 Å². The van der Waals surface area contributed by atoms with E-state index in [-0.39, 0.29) is 4.90 Å². The van der Waals surface area contributed by atoms with Crippen LogP contribution in [0.15, 0.2) is 88.6 Å². The molecule has 0 amide bonds. The van der Waals surface area contributed by atoms with Crippen molar-refractivity contribution in [3.63, 3.8) is 0 Å². The highest BCUT2D eigenvalue weighted by Gasteiger charge is 2.36. The predicted octanol–water partition coefficient (Wildman–Crippen LogP) is 3.89. The van der Waals surface area contributed by atoms with E-state index in [9.17, 15) is 13.2 Å². The number of benzene rings is 3. The van der Waals surface area contributed by atoms with Crippen molar-refractivity contribution >= 4 is 20.8 Å². The minimum absolute atomic E-state index is 0.171. The summed E-state index contributed by atoms with van der Waals surface area (Å²) in [7, 11) is -3.91. The molecule has 0 N–H and O–H groups in total. The molecule has 1 aromatic heterocycles. The molecular formula is C21H13NO3S. The van der Waals surface area contributed by atoms with E-state index in [0.29, 0.717) is 16.6 Å². The standard InChI is InChI=1S/C21H13NO3S/c23-21-16-11-5-4-10-15(16)19(14-8-2-1-3-9-14)20-17-12-6-7-13-18(17)26(24,25)22(20)21/h1-13H. The van der Waals surface area contributed by atoms with Gasteiger partial charge in [0.05, 0.1) is 10.6 Å². The summed E-state index contributed by atoms with van der Waals surface area (Å²) in [4.78, 5) is 13.2. The molecule has 0 atom stereocenters. The van der Waals surface area contributed by atoms with Crippen LogP contribution in [-0.4, -0.2) is 12.4 Å². The molecule has 0 aliphatic carbocycles. The zero-order valence-corrected chi connectivity index (χ0v) is 14.4. The highest BCUT2D eigenvalue weighted by molar-refractivity contribution is 7.90. The molecule has 5 rings (SSSR count). The average molecular weight is 359 g/mol. The lowest BCUT2D eigenvalue weighted by Crippen LogP contribution is -2.25. The lowest BCUT2D eigenvalue weighted by atomic mass is 9.94. The molecule has 0 bridgehead atoms. The summed E-state index contributed by atoms with van der Waals surface area (Å²) in [5.74, 6) is 0. The van der Waals surface area contributed by atoms with Crippen LogP contribution in [0.5, 0.6) is 0 Å². The quantitative estimate of drug-likeness (QED) is 0.456. The van der Waals surface area contributed by atoms with Gasteiger partial charge in [0.15, 0.2) is 0 Å². The Kier molecular flexibility index (Phi) is 3.00. The van der Waals surface area contributed by atoms with Gasteiger partial charge in [-0.1, -0.05) is 66.7 Å². The van der Waals surface area contributed by atoms with Gasteiger partial charge in [0.25, 0.3) is 15.6 Å². The highest BCUT2D eigenvalue weighted by atomic mass is 32.2. The molecule has 0 spiro atoms. The second kappa shape index (κ2) is 5.16. The molecular weight excluding hydrogens is 346 g/mol. The van der Waals surface area contributed by atoms with Crippen molar-refractivity contribution in [2.24, 2.45) is 0 Å². The first-order valence-corrected chi connectivity index (χ1v) is 9.63. The molecule has 4 nitrogen and oxygen atoms in total. The zero-order valence-electron chi connectivity index (χ0n) is 13.6. The number of pyridine rings is 1. The van der Waals surface area contributed by atoms with Gasteiger partial charge in [0, 0.05) is 16.5 Å². The van der Waals surface area contributed by atoms with Gasteiger partial charge in [-0.15, -0.1) is 0 Å². The Labute approximate surface area is 150 Å². The van der Waals surface area contributed by atoms with E-state index < -0.39 is 15.6 Å². The van der Waals surface area contributed by atoms with Crippen LogP contribution in [0.2, 0.25) is 0 Å². The largest absolute Gasteiger partial charge is 0.272 e. The Bertz CT molecular complexity index is 1350. The maximum Gasteiger partial charge on any atom is 0.272 e. The molecule has 4 aromatic rings. The van der Waals surface area contributed by atoms with Crippen molar-refractivity contribution in [2.45, 2.75) is 4.90 Å². The van der Waals surface area contributed by atoms with Crippen LogP contribution in [0, 0.1) is 0 Å². The van der Waals surface area contributed by atoms with Gasteiger partial charge in [0.2, 0.25) is 0 Å². The normalized spacial score (nSPS) is 14.2. The molecule has 0 radical (unpaired) electrons. The third kappa shape index (κ3) is 1.83. The van der Waals surface area contributed by atoms with Crippen LogP contribution in [-0.2, 0) is 10.0 Å². The second-order valence-corrected chi connectivity index (χ2v) is 7.96. The highest BCUT2D eigenvalue weighted by Crippen LogP contribution is 2.44. The molecule has 3 aromatic carbocycles. The summed E-state index contributed by atoms with van der Waals surface area (Å²) < 4.78 is 27.1. The fourth-order valence-electron chi connectivity index (χ4n) is 3.68. The van der Waals surface area contributed by atoms with Crippen LogP contribution >= 0.6 is 0 Å². The van der Waals surface area contributed by atoms with Gasteiger partial charge < -0.3 is 0 Å². The Balaban J connectivity index is 2.11. The molecule has 1 aliphatic heterocycles. The van der Waals surface area contributed by atoms with Crippen LogP contribution in [0.1, 0.15) is 0 Å². The Hall–Kier alpha value is -3.18. The Morgan fingerprint density at radius 1 is 0.692 bits per heavy atom. The lowest BCUT2D eigenvalue weighted by molar-refractivity contribution is 0.590. The maximum atomic E-state index is 13.1. The molecule has 1 aliphatic rings. The van der Waals surface area contributed by atoms with Crippen molar-refractivity contribution in [1.82, 2.24) is 3.97 Å². The molecule has 126 valence electrons. The molecule has 26 heavy (non-hydrogen) atoms. The number of hydrogen-bond acceptors (Lipinski definition) is 3. The van der Waals surface area contributed by atoms with E-state index in [4.69, 9.17) is 0 Å². The van der Waals surface area contributed by atoms with E-state index in [0.717, 1.165) is 20.5 Å². The van der Waals surface area contributed by atoms with E-state index in [1.54, 1.807) is 36.4 Å². The van der Waals surface area contributed by atoms with Gasteiger partial charge >= 0.3 is 0 Å². The lowest BCUT2D eigenvalue weighted by Gasteiger charge is -2.14. The summed E-state index contributed by atoms with van der Waals surface area (Å²) in [5.41, 5.74) is 2.13. The monoisotopic (exact) mass is 359 g/mol. The van der Waals surface area contributed by atoms with Gasteiger partial charge in [-0.05, 0) is 23.1 Å². The summed E-state index contributed by atoms with van der Waals surface area (Å²) >= 11 is 0. The molecule has 2 heterocycles. The molecule has 5 heteroatoms. The summed E-state index contributed by atoms with van der Waals surface area (Å²) in [5, 5.41) is 1.15. The van der Waals surface area contributed by atoms with E-state index in [2.05, 4.69) is 0 Å². The number of nitrogens with zero attached hydrogens (tertiary/aromatic N) is 1. The number of fused-ring (bicyclic) bond motifs is 4. The fraction of sp³-hybridized carbons (Fsp3) is 0. The minimum Gasteiger partial charge on any atom is -0.268 e. The smallest absolute Gasteiger partial charge is 0.268 e. The average Bonchev–Trinajstić information content (AvgIpc) is 2.91. The van der Waals surface area contributed by atoms with Crippen LogP contribution < -0.4 is 5.56 Å². The SMILES string of the molecule is O=c1c2ccccc2c(-c2ccccc2)c2n1S(=O)(=O)c1ccccc1-2. The first-order valence-electron chi connectivity index (χ1n) is 8.19. The second-order valence-electron chi connectivity index (χ2n) is 6.21. The third-order valence-electron chi connectivity index (χ3n) is 4.77. The molecule has 0 saturated carbocycles. The number of rotatable bonds is 1. The van der Waals surface area contributed by atoms with Crippen molar-refractivity contribution in [1.29, 1.82) is 0 Å². The first-order chi connectivity index (χ1) is 12.6. The third-order valence-corrected chi connectivity index (χ3v) is 6.51. The first kappa shape index (κ1) is 15.1. The maximum absolute atomic E-state index is 13.1. The summed E-state index contributed by atoms with van der Waals surface area (Å²) in [6.45, 7) is 0. The number of hydrogen-bond donors (Lipinski definition) is 0. The minimum atomic E-state index is -3.91. The van der Waals surface area contributed by atoms with Crippen molar-refractivity contribution in [2.75, 3.05) is 0 Å². The number of aromatic nitrogens is 1. The Morgan fingerprint density at radius 3 is 2.08 bits per heavy atom. The van der Waals surface area contributed by atoms with Crippen LogP contribution in [0.25, 0.3) is 33.2 Å². The van der Waals surface area contributed by atoms with E-state index in [1.165, 1.54) is 0 Å². The van der Waals surface area contributed by atoms with Crippen molar-refractivity contribution in [3.8, 4) is 22.4 Å². The van der Waals surface area contributed by atoms with Gasteiger partial charge in [0.1, 0.15) is 0 Å². The topological polar surface area (TPSA) is 56.1 Å². The zero-order chi connectivity index (χ0) is 17.9. The van der Waals surface area contributed by atoms with E-state index in [1.807, 2.05) is 42.5 Å². The predicted molar refractivity (Wildman–Crippen MR) is 102 cm³/mol. The fourth-order valence-corrected chi connectivity index (χ4v) is 5.32. The van der Waals surface area contributed by atoms with E-state index >= 15 is 0 Å². The van der Waals surface area contributed by atoms with Gasteiger partial charge in [-0.25, -0.2) is 8.42 Å². The summed E-state index contributed by atoms with van der Waals surface area (Å²) in [6, 6.07) is 23.5. The summed E-state index contributed by atoms with van der Waals surface area (Å²) in [6.07, 6.45) is 0.